The number of carbonyl (C=O) groups excluding carboxylic acids is 1. The van der Waals surface area contributed by atoms with Crippen molar-refractivity contribution in [2.24, 2.45) is 0 Å². The summed E-state index contributed by atoms with van der Waals surface area (Å²) in [6.45, 7) is -1.60. The van der Waals surface area contributed by atoms with E-state index in [9.17, 15) is 40.5 Å². The second-order valence-corrected chi connectivity index (χ2v) is 9.78. The first-order valence-corrected chi connectivity index (χ1v) is 12.3. The Hall–Kier alpha value is -2.85. The zero-order chi connectivity index (χ0) is 27.9. The molecule has 0 spiro atoms. The Bertz CT molecular complexity index is 1170. The van der Waals surface area contributed by atoms with Gasteiger partial charge in [0.2, 0.25) is 12.6 Å². The van der Waals surface area contributed by atoms with E-state index in [-0.39, 0.29) is 36.1 Å². The van der Waals surface area contributed by atoms with Gasteiger partial charge in [0, 0.05) is 6.07 Å². The molecule has 3 aliphatic heterocycles. The minimum absolute atomic E-state index is 0.0636. The molecule has 2 fully saturated rings. The maximum absolute atomic E-state index is 12.8. The van der Waals surface area contributed by atoms with Crippen LogP contribution in [0.4, 0.5) is 0 Å². The minimum atomic E-state index is -1.84. The van der Waals surface area contributed by atoms with Crippen LogP contribution in [-0.2, 0) is 9.47 Å². The molecule has 212 valence electrons. The smallest absolute Gasteiger partial charge is 0.229 e. The number of carbonyl (C=O) groups is 1. The van der Waals surface area contributed by atoms with E-state index in [1.807, 2.05) is 0 Å². The number of ether oxygens (including phenoxy) is 5. The third-order valence-electron chi connectivity index (χ3n) is 7.08. The molecule has 0 amide bonds. The van der Waals surface area contributed by atoms with E-state index < -0.39 is 68.0 Å². The standard InChI is InChI=1S/C26H30O13/c27-9-19-20(30)21(31)22(32)24(39-19)36-13-3-1-12(2-4-13)17-8-16(29)15-6-5-14(7-18(15)38-17)37-25-23(33)26(34,10-28)11-35-25/h1-7,17,19-25,27-28,30-34H,8-11H2. The lowest BCUT2D eigenvalue weighted by atomic mass is 9.96. The van der Waals surface area contributed by atoms with Crippen LogP contribution in [0.15, 0.2) is 42.5 Å². The Kier molecular flexibility index (Phi) is 7.79. The Balaban J connectivity index is 1.26. The van der Waals surface area contributed by atoms with Crippen molar-refractivity contribution in [3.05, 3.63) is 53.6 Å². The third-order valence-corrected chi connectivity index (χ3v) is 7.08. The van der Waals surface area contributed by atoms with Gasteiger partial charge < -0.3 is 59.4 Å². The van der Waals surface area contributed by atoms with Gasteiger partial charge >= 0.3 is 0 Å². The van der Waals surface area contributed by atoms with Crippen LogP contribution in [0.5, 0.6) is 17.2 Å². The number of Topliss-reactive ketones (excluding diaryl/α,β-unsaturated/α-hetero) is 1. The normalized spacial score (nSPS) is 36.2. The van der Waals surface area contributed by atoms with Crippen LogP contribution in [0, 0.1) is 0 Å². The first-order valence-electron chi connectivity index (χ1n) is 12.3. The summed E-state index contributed by atoms with van der Waals surface area (Å²) in [4.78, 5) is 12.8. The number of fused-ring (bicyclic) bond motifs is 1. The second-order valence-electron chi connectivity index (χ2n) is 9.78. The molecule has 13 heteroatoms. The van der Waals surface area contributed by atoms with Crippen molar-refractivity contribution in [1.29, 1.82) is 0 Å². The molecule has 2 saturated heterocycles. The molecule has 0 aliphatic carbocycles. The van der Waals surface area contributed by atoms with Crippen molar-refractivity contribution in [1.82, 2.24) is 0 Å². The number of rotatable bonds is 7. The van der Waals surface area contributed by atoms with Crippen molar-refractivity contribution in [2.75, 3.05) is 19.8 Å². The summed E-state index contributed by atoms with van der Waals surface area (Å²) in [5.74, 6) is 0.567. The van der Waals surface area contributed by atoms with Gasteiger partial charge in [0.25, 0.3) is 0 Å². The summed E-state index contributed by atoms with van der Waals surface area (Å²) in [6, 6.07) is 10.9. The van der Waals surface area contributed by atoms with Crippen molar-refractivity contribution in [2.45, 2.75) is 61.2 Å². The lowest BCUT2D eigenvalue weighted by Gasteiger charge is -2.39. The van der Waals surface area contributed by atoms with Crippen molar-refractivity contribution in [3.8, 4) is 17.2 Å². The number of aliphatic hydroxyl groups excluding tert-OH is 6. The molecule has 0 aromatic heterocycles. The molecular weight excluding hydrogens is 520 g/mol. The fourth-order valence-electron chi connectivity index (χ4n) is 4.65. The van der Waals surface area contributed by atoms with E-state index >= 15 is 0 Å². The lowest BCUT2D eigenvalue weighted by Crippen LogP contribution is -2.60. The molecular formula is C26H30O13. The van der Waals surface area contributed by atoms with Crippen LogP contribution >= 0.6 is 0 Å². The van der Waals surface area contributed by atoms with Crippen LogP contribution in [0.2, 0.25) is 0 Å². The number of ketones is 1. The van der Waals surface area contributed by atoms with Crippen LogP contribution in [-0.4, -0.2) is 110 Å². The molecule has 13 nitrogen and oxygen atoms in total. The van der Waals surface area contributed by atoms with E-state index in [0.29, 0.717) is 11.1 Å². The van der Waals surface area contributed by atoms with E-state index in [0.717, 1.165) is 0 Å². The number of hydrogen-bond acceptors (Lipinski definition) is 13. The fraction of sp³-hybridized carbons (Fsp3) is 0.500. The molecule has 0 saturated carbocycles. The summed E-state index contributed by atoms with van der Waals surface area (Å²) in [6.07, 6.45) is -10.4. The number of hydrogen-bond donors (Lipinski definition) is 7. The Labute approximate surface area is 222 Å². The van der Waals surface area contributed by atoms with Crippen molar-refractivity contribution in [3.63, 3.8) is 0 Å². The highest BCUT2D eigenvalue weighted by molar-refractivity contribution is 6.00. The summed E-state index contributed by atoms with van der Waals surface area (Å²) in [5.41, 5.74) is -0.847. The van der Waals surface area contributed by atoms with E-state index in [2.05, 4.69) is 0 Å². The molecule has 39 heavy (non-hydrogen) atoms. The molecule has 7 N–H and O–H groups in total. The van der Waals surface area contributed by atoms with E-state index in [1.54, 1.807) is 24.3 Å². The van der Waals surface area contributed by atoms with Crippen LogP contribution in [0.3, 0.4) is 0 Å². The molecule has 0 bridgehead atoms. The fourth-order valence-corrected chi connectivity index (χ4v) is 4.65. The first kappa shape index (κ1) is 27.7. The van der Waals surface area contributed by atoms with Gasteiger partial charge in [-0.1, -0.05) is 12.1 Å². The zero-order valence-electron chi connectivity index (χ0n) is 20.6. The average molecular weight is 551 g/mol. The maximum atomic E-state index is 12.8. The van der Waals surface area contributed by atoms with Gasteiger partial charge in [-0.05, 0) is 29.8 Å². The SMILES string of the molecule is O=C1CC(c2ccc(OC3OC(CO)C(O)C(O)C3O)cc2)Oc2cc(OC3OCC(O)(CO)C3O)ccc21. The topological polar surface area (TPSA) is 205 Å². The maximum Gasteiger partial charge on any atom is 0.229 e. The Morgan fingerprint density at radius 1 is 0.897 bits per heavy atom. The summed E-state index contributed by atoms with van der Waals surface area (Å²) >= 11 is 0. The molecule has 9 unspecified atom stereocenters. The molecule has 0 radical (unpaired) electrons. The molecule has 5 rings (SSSR count). The summed E-state index contributed by atoms with van der Waals surface area (Å²) in [7, 11) is 0. The number of aliphatic hydroxyl groups is 7. The predicted octanol–water partition coefficient (Wildman–Crippen LogP) is -1.61. The minimum Gasteiger partial charge on any atom is -0.484 e. The zero-order valence-corrected chi connectivity index (χ0v) is 20.6. The Morgan fingerprint density at radius 2 is 1.59 bits per heavy atom. The van der Waals surface area contributed by atoms with Crippen LogP contribution < -0.4 is 14.2 Å². The van der Waals surface area contributed by atoms with E-state index in [1.165, 1.54) is 18.2 Å². The molecule has 9 atom stereocenters. The summed E-state index contributed by atoms with van der Waals surface area (Å²) < 4.78 is 27.9. The lowest BCUT2D eigenvalue weighted by molar-refractivity contribution is -0.277. The quantitative estimate of drug-likeness (QED) is 0.208. The molecule has 2 aromatic rings. The highest BCUT2D eigenvalue weighted by Gasteiger charge is 2.49. The van der Waals surface area contributed by atoms with E-state index in [4.69, 9.17) is 23.7 Å². The van der Waals surface area contributed by atoms with Gasteiger partial charge in [0.05, 0.1) is 31.8 Å². The number of benzene rings is 2. The molecule has 2 aromatic carbocycles. The molecule has 3 heterocycles. The summed E-state index contributed by atoms with van der Waals surface area (Å²) in [5, 5.41) is 69.0. The predicted molar refractivity (Wildman–Crippen MR) is 128 cm³/mol. The first-order chi connectivity index (χ1) is 18.6. The van der Waals surface area contributed by atoms with Gasteiger partial charge in [0.15, 0.2) is 5.78 Å². The average Bonchev–Trinajstić information content (AvgIpc) is 3.22. The largest absolute Gasteiger partial charge is 0.484 e. The van der Waals surface area contributed by atoms with Crippen LogP contribution in [0.1, 0.15) is 28.4 Å². The van der Waals surface area contributed by atoms with Crippen LogP contribution in [0.25, 0.3) is 0 Å². The third kappa shape index (κ3) is 5.33. The van der Waals surface area contributed by atoms with Crippen molar-refractivity contribution < 1.29 is 64.2 Å². The Morgan fingerprint density at radius 3 is 2.26 bits per heavy atom. The second kappa shape index (κ2) is 11.0. The highest BCUT2D eigenvalue weighted by Crippen LogP contribution is 2.38. The van der Waals surface area contributed by atoms with Gasteiger partial charge in [-0.15, -0.1) is 0 Å². The molecule has 3 aliphatic rings. The van der Waals surface area contributed by atoms with Crippen molar-refractivity contribution >= 4 is 5.78 Å². The van der Waals surface area contributed by atoms with Gasteiger partial charge in [-0.25, -0.2) is 0 Å². The highest BCUT2D eigenvalue weighted by atomic mass is 16.7. The monoisotopic (exact) mass is 550 g/mol. The van der Waals surface area contributed by atoms with Gasteiger partial charge in [-0.2, -0.15) is 0 Å². The van der Waals surface area contributed by atoms with Gasteiger partial charge in [0.1, 0.15) is 59.5 Å². The van der Waals surface area contributed by atoms with Gasteiger partial charge in [-0.3, -0.25) is 4.79 Å².